The number of fused-ring (bicyclic) bond motifs is 1. The summed E-state index contributed by atoms with van der Waals surface area (Å²) in [5.74, 6) is 0.182. The molecular formula is C14H10Cl2N2O2S. The normalized spacial score (nSPS) is 12.7. The number of hydrogen-bond acceptors (Lipinski definition) is 4. The van der Waals surface area contributed by atoms with Crippen molar-refractivity contribution in [2.24, 2.45) is 0 Å². The van der Waals surface area contributed by atoms with Crippen molar-refractivity contribution < 1.29 is 8.63 Å². The molecule has 0 aliphatic carbocycles. The van der Waals surface area contributed by atoms with Gasteiger partial charge in [0.1, 0.15) is 16.3 Å². The Labute approximate surface area is 133 Å². The molecular weight excluding hydrogens is 331 g/mol. The van der Waals surface area contributed by atoms with Gasteiger partial charge in [-0.25, -0.2) is 9.19 Å². The first-order valence-electron chi connectivity index (χ1n) is 6.01. The van der Waals surface area contributed by atoms with Crippen LogP contribution in [0.1, 0.15) is 5.56 Å². The Kier molecular flexibility index (Phi) is 3.89. The molecule has 0 amide bonds. The van der Waals surface area contributed by atoms with Gasteiger partial charge in [0, 0.05) is 21.8 Å². The van der Waals surface area contributed by atoms with Gasteiger partial charge in [-0.3, -0.25) is 0 Å². The van der Waals surface area contributed by atoms with Crippen molar-refractivity contribution >= 4 is 50.8 Å². The summed E-state index contributed by atoms with van der Waals surface area (Å²) in [5, 5.41) is 1.19. The van der Waals surface area contributed by atoms with Crippen LogP contribution in [0, 0.1) is 0 Å². The second-order valence-electron chi connectivity index (χ2n) is 4.43. The minimum Gasteiger partial charge on any atom is -0.430 e. The lowest BCUT2D eigenvalue weighted by Gasteiger charge is -2.02. The maximum Gasteiger partial charge on any atom is 0.288 e. The number of nitrogens with zero attached hydrogens (tertiary/aromatic N) is 1. The molecule has 1 unspecified atom stereocenters. The van der Waals surface area contributed by atoms with Crippen LogP contribution >= 0.6 is 23.2 Å². The molecule has 0 fully saturated rings. The summed E-state index contributed by atoms with van der Waals surface area (Å²) >= 11 is 12.0. The standard InChI is InChI=1S/C14H10Cl2N2O2S/c15-9-1-3-11(16)8(5-9)7-21(19)14-18-12-4-2-10(17)6-13(12)20-14/h1-6H,7,17H2. The van der Waals surface area contributed by atoms with Crippen LogP contribution in [-0.4, -0.2) is 9.19 Å². The predicted molar refractivity (Wildman–Crippen MR) is 85.0 cm³/mol. The SMILES string of the molecule is Nc1ccc2nc(S(=O)Cc3cc(Cl)ccc3Cl)oc2c1. The van der Waals surface area contributed by atoms with E-state index in [1.54, 1.807) is 36.4 Å². The van der Waals surface area contributed by atoms with Crippen LogP contribution in [-0.2, 0) is 16.6 Å². The number of oxazole rings is 1. The first kappa shape index (κ1) is 14.4. The zero-order chi connectivity index (χ0) is 15.0. The number of halogens is 2. The lowest BCUT2D eigenvalue weighted by Crippen LogP contribution is -1.97. The van der Waals surface area contributed by atoms with Crippen LogP contribution < -0.4 is 5.73 Å². The van der Waals surface area contributed by atoms with E-state index in [1.165, 1.54) is 0 Å². The van der Waals surface area contributed by atoms with Gasteiger partial charge in [-0.15, -0.1) is 0 Å². The third kappa shape index (κ3) is 3.05. The van der Waals surface area contributed by atoms with Gasteiger partial charge < -0.3 is 10.2 Å². The first-order valence-corrected chi connectivity index (χ1v) is 8.09. The van der Waals surface area contributed by atoms with Crippen LogP contribution in [0.2, 0.25) is 10.0 Å². The Morgan fingerprint density at radius 1 is 1.19 bits per heavy atom. The summed E-state index contributed by atoms with van der Waals surface area (Å²) in [6.07, 6.45) is 0. The smallest absolute Gasteiger partial charge is 0.288 e. The second kappa shape index (κ2) is 5.67. The number of nitrogen functional groups attached to an aromatic ring is 1. The van der Waals surface area contributed by atoms with E-state index in [-0.39, 0.29) is 11.0 Å². The summed E-state index contributed by atoms with van der Waals surface area (Å²) in [5.41, 5.74) is 8.05. The third-order valence-corrected chi connectivity index (χ3v) is 4.62. The van der Waals surface area contributed by atoms with Crippen LogP contribution in [0.3, 0.4) is 0 Å². The van der Waals surface area contributed by atoms with E-state index < -0.39 is 10.8 Å². The Balaban J connectivity index is 1.91. The average Bonchev–Trinajstić information content (AvgIpc) is 2.86. The molecule has 4 nitrogen and oxygen atoms in total. The molecule has 0 radical (unpaired) electrons. The minimum absolute atomic E-state index is 0.145. The van der Waals surface area contributed by atoms with Gasteiger partial charge in [-0.1, -0.05) is 23.2 Å². The molecule has 108 valence electrons. The maximum atomic E-state index is 12.4. The number of hydrogen-bond donors (Lipinski definition) is 1. The molecule has 2 aromatic carbocycles. The van der Waals surface area contributed by atoms with Crippen molar-refractivity contribution in [3.63, 3.8) is 0 Å². The quantitative estimate of drug-likeness (QED) is 0.731. The third-order valence-electron chi connectivity index (χ3n) is 2.88. The van der Waals surface area contributed by atoms with E-state index in [1.807, 2.05) is 0 Å². The molecule has 1 aromatic heterocycles. The topological polar surface area (TPSA) is 69.1 Å². The Hall–Kier alpha value is -1.56. The fraction of sp³-hybridized carbons (Fsp3) is 0.0714. The molecule has 0 saturated heterocycles. The number of nitrogens with two attached hydrogens (primary N) is 1. The molecule has 2 N–H and O–H groups in total. The molecule has 0 aliphatic heterocycles. The second-order valence-corrected chi connectivity index (χ2v) is 6.61. The minimum atomic E-state index is -1.45. The molecule has 3 aromatic rings. The van der Waals surface area contributed by atoms with Crippen molar-refractivity contribution in [3.05, 3.63) is 52.0 Å². The van der Waals surface area contributed by atoms with Gasteiger partial charge in [0.05, 0.1) is 5.75 Å². The molecule has 1 heterocycles. The van der Waals surface area contributed by atoms with E-state index in [0.29, 0.717) is 32.4 Å². The van der Waals surface area contributed by atoms with Crippen molar-refractivity contribution in [2.75, 3.05) is 5.73 Å². The van der Waals surface area contributed by atoms with E-state index in [9.17, 15) is 4.21 Å². The molecule has 3 rings (SSSR count). The summed E-state index contributed by atoms with van der Waals surface area (Å²) in [6, 6.07) is 10.1. The first-order chi connectivity index (χ1) is 10.0. The summed E-state index contributed by atoms with van der Waals surface area (Å²) in [7, 11) is -1.45. The Morgan fingerprint density at radius 3 is 2.81 bits per heavy atom. The molecule has 1 atom stereocenters. The van der Waals surface area contributed by atoms with E-state index in [2.05, 4.69) is 4.98 Å². The monoisotopic (exact) mass is 340 g/mol. The molecule has 0 bridgehead atoms. The predicted octanol–water partition coefficient (Wildman–Crippen LogP) is 4.02. The van der Waals surface area contributed by atoms with Crippen molar-refractivity contribution in [1.82, 2.24) is 4.98 Å². The Morgan fingerprint density at radius 2 is 2.00 bits per heavy atom. The fourth-order valence-corrected chi connectivity index (χ4v) is 3.36. The van der Waals surface area contributed by atoms with Crippen LogP contribution in [0.15, 0.2) is 46.0 Å². The number of anilines is 1. The van der Waals surface area contributed by atoms with Crippen molar-refractivity contribution in [1.29, 1.82) is 0 Å². The van der Waals surface area contributed by atoms with Crippen LogP contribution in [0.25, 0.3) is 11.1 Å². The largest absolute Gasteiger partial charge is 0.430 e. The summed E-state index contributed by atoms with van der Waals surface area (Å²) < 4.78 is 17.8. The number of aromatic nitrogens is 1. The summed E-state index contributed by atoms with van der Waals surface area (Å²) in [4.78, 5) is 4.20. The zero-order valence-corrected chi connectivity index (χ0v) is 13.0. The highest BCUT2D eigenvalue weighted by Gasteiger charge is 2.15. The van der Waals surface area contributed by atoms with Gasteiger partial charge in [-0.05, 0) is 35.9 Å². The lowest BCUT2D eigenvalue weighted by atomic mass is 10.2. The van der Waals surface area contributed by atoms with E-state index >= 15 is 0 Å². The van der Waals surface area contributed by atoms with Crippen molar-refractivity contribution in [2.45, 2.75) is 11.0 Å². The molecule has 0 spiro atoms. The highest BCUT2D eigenvalue weighted by molar-refractivity contribution is 7.84. The molecule has 7 heteroatoms. The van der Waals surface area contributed by atoms with Crippen molar-refractivity contribution in [3.8, 4) is 0 Å². The van der Waals surface area contributed by atoms with Gasteiger partial charge in [-0.2, -0.15) is 0 Å². The highest BCUT2D eigenvalue weighted by Crippen LogP contribution is 2.25. The van der Waals surface area contributed by atoms with Gasteiger partial charge >= 0.3 is 0 Å². The molecule has 21 heavy (non-hydrogen) atoms. The van der Waals surface area contributed by atoms with Gasteiger partial charge in [0.2, 0.25) is 0 Å². The summed E-state index contributed by atoms with van der Waals surface area (Å²) in [6.45, 7) is 0. The molecule has 0 saturated carbocycles. The Bertz CT molecular complexity index is 848. The lowest BCUT2D eigenvalue weighted by molar-refractivity contribution is 0.477. The fourth-order valence-electron chi connectivity index (χ4n) is 1.87. The van der Waals surface area contributed by atoms with E-state index in [4.69, 9.17) is 33.4 Å². The van der Waals surface area contributed by atoms with Crippen LogP contribution in [0.5, 0.6) is 0 Å². The highest BCUT2D eigenvalue weighted by atomic mass is 35.5. The maximum absolute atomic E-state index is 12.4. The zero-order valence-electron chi connectivity index (χ0n) is 10.7. The van der Waals surface area contributed by atoms with Gasteiger partial charge in [0.25, 0.3) is 5.22 Å². The molecule has 0 aliphatic rings. The number of rotatable bonds is 3. The number of benzene rings is 2. The van der Waals surface area contributed by atoms with E-state index in [0.717, 1.165) is 0 Å². The van der Waals surface area contributed by atoms with Gasteiger partial charge in [0.15, 0.2) is 5.58 Å². The average molecular weight is 341 g/mol. The van der Waals surface area contributed by atoms with Crippen LogP contribution in [0.4, 0.5) is 5.69 Å².